The number of carbonyl (C=O) groups is 1. The van der Waals surface area contributed by atoms with Crippen LogP contribution in [-0.2, 0) is 5.54 Å². The number of hydrogen-bond acceptors (Lipinski definition) is 5. The average Bonchev–Trinajstić information content (AvgIpc) is 3.47. The van der Waals surface area contributed by atoms with Crippen LogP contribution in [0.4, 0.5) is 28.0 Å². The van der Waals surface area contributed by atoms with E-state index in [2.05, 4.69) is 25.1 Å². The lowest BCUT2D eigenvalue weighted by atomic mass is 9.93. The Bertz CT molecular complexity index is 1690. The maximum absolute atomic E-state index is 14.0. The molecule has 0 aliphatic carbocycles. The number of ether oxygens (including phenoxy) is 1. The topological polar surface area (TPSA) is 84.6 Å². The van der Waals surface area contributed by atoms with Crippen molar-refractivity contribution < 1.29 is 27.1 Å². The Morgan fingerprint density at radius 1 is 1.04 bits per heavy atom. The Morgan fingerprint density at radius 3 is 2.42 bits per heavy atom. The zero-order chi connectivity index (χ0) is 32.4. The minimum absolute atomic E-state index is 0.0943. The predicted molar refractivity (Wildman–Crippen MR) is 167 cm³/mol. The summed E-state index contributed by atoms with van der Waals surface area (Å²) in [6.45, 7) is 8.45. The molecule has 0 radical (unpaired) electrons. The highest BCUT2D eigenvalue weighted by Gasteiger charge is 2.31. The lowest BCUT2D eigenvalue weighted by Gasteiger charge is -2.32. The quantitative estimate of drug-likeness (QED) is 0.206. The van der Waals surface area contributed by atoms with Crippen LogP contribution in [0.3, 0.4) is 0 Å². The molecule has 0 atom stereocenters. The van der Waals surface area contributed by atoms with Crippen molar-refractivity contribution in [2.45, 2.75) is 51.9 Å². The minimum atomic E-state index is -4.77. The van der Waals surface area contributed by atoms with E-state index in [1.165, 1.54) is 59.2 Å². The van der Waals surface area contributed by atoms with Crippen molar-refractivity contribution >= 4 is 28.6 Å². The van der Waals surface area contributed by atoms with Crippen molar-refractivity contribution in [2.24, 2.45) is 4.99 Å². The number of thioether (sulfide) groups is 1. The molecule has 3 aromatic carbocycles. The van der Waals surface area contributed by atoms with Crippen molar-refractivity contribution in [3.63, 3.8) is 0 Å². The van der Waals surface area contributed by atoms with Gasteiger partial charge in [-0.25, -0.2) is 18.9 Å². The average molecular weight is 641 g/mol. The number of nitrogens with one attached hydrogen (secondary N) is 1. The molecule has 1 N–H and O–H groups in total. The summed E-state index contributed by atoms with van der Waals surface area (Å²) in [6.07, 6.45) is -2.39. The van der Waals surface area contributed by atoms with Gasteiger partial charge in [0.05, 0.1) is 11.2 Å². The Morgan fingerprint density at radius 2 is 1.76 bits per heavy atom. The van der Waals surface area contributed by atoms with Gasteiger partial charge >= 0.3 is 12.4 Å². The molecule has 45 heavy (non-hydrogen) atoms. The number of benzene rings is 3. The predicted octanol–water partition coefficient (Wildman–Crippen LogP) is 8.04. The first-order valence-electron chi connectivity index (χ1n) is 14.3. The number of nitrogens with zero attached hydrogens (tertiary/aromatic N) is 5. The Balaban J connectivity index is 1.28. The lowest BCUT2D eigenvalue weighted by molar-refractivity contribution is -0.274. The molecule has 8 nitrogen and oxygen atoms in total. The van der Waals surface area contributed by atoms with E-state index in [0.29, 0.717) is 28.8 Å². The number of rotatable bonds is 7. The van der Waals surface area contributed by atoms with Gasteiger partial charge in [-0.2, -0.15) is 4.99 Å². The molecular formula is C32H32F4N6O2S. The van der Waals surface area contributed by atoms with Crippen LogP contribution in [-0.4, -0.2) is 44.6 Å². The smallest absolute Gasteiger partial charge is 0.406 e. The van der Waals surface area contributed by atoms with E-state index in [0.717, 1.165) is 29.0 Å². The van der Waals surface area contributed by atoms with Crippen LogP contribution in [0, 0.1) is 5.82 Å². The fourth-order valence-corrected chi connectivity index (χ4v) is 5.87. The molecule has 2 amide bonds. The van der Waals surface area contributed by atoms with Gasteiger partial charge in [0.2, 0.25) is 0 Å². The third-order valence-corrected chi connectivity index (χ3v) is 8.26. The van der Waals surface area contributed by atoms with E-state index in [1.807, 2.05) is 56.9 Å². The van der Waals surface area contributed by atoms with E-state index >= 15 is 0 Å². The number of carbonyl (C=O) groups excluding carboxylic acids is 1. The summed E-state index contributed by atoms with van der Waals surface area (Å²) < 4.78 is 56.7. The standard InChI is InChI=1S/C32H32F4N6O2S/c1-20(2)26-18-23(33)10-15-27(26)41-16-5-17-45-30(41)38-29(43)39-31(3,4)22-8-6-21(7-9-22)28-37-19-42(40-28)24-11-13-25(14-12-24)44-32(34,35)36/h6-15,18-20H,5,16-17H2,1-4H3,(H,39,43). The highest BCUT2D eigenvalue weighted by atomic mass is 32.2. The number of anilines is 1. The summed E-state index contributed by atoms with van der Waals surface area (Å²) in [5.74, 6) is 0.714. The maximum atomic E-state index is 14.0. The highest BCUT2D eigenvalue weighted by Crippen LogP contribution is 2.33. The molecule has 0 saturated carbocycles. The lowest BCUT2D eigenvalue weighted by Crippen LogP contribution is -2.41. The summed E-state index contributed by atoms with van der Waals surface area (Å²) >= 11 is 1.50. The van der Waals surface area contributed by atoms with Crippen molar-refractivity contribution in [3.05, 3.63) is 90.0 Å². The second-order valence-electron chi connectivity index (χ2n) is 11.3. The molecule has 1 fully saturated rings. The van der Waals surface area contributed by atoms with Crippen molar-refractivity contribution in [3.8, 4) is 22.8 Å². The zero-order valence-corrected chi connectivity index (χ0v) is 25.9. The molecule has 236 valence electrons. The van der Waals surface area contributed by atoms with Crippen LogP contribution in [0.25, 0.3) is 17.1 Å². The minimum Gasteiger partial charge on any atom is -0.406 e. The van der Waals surface area contributed by atoms with Gasteiger partial charge in [0.15, 0.2) is 11.0 Å². The monoisotopic (exact) mass is 640 g/mol. The summed E-state index contributed by atoms with van der Waals surface area (Å²) in [5.41, 5.74) is 3.00. The largest absolute Gasteiger partial charge is 0.573 e. The fraction of sp³-hybridized carbons (Fsp3) is 0.312. The molecule has 4 aromatic rings. The van der Waals surface area contributed by atoms with Gasteiger partial charge < -0.3 is 15.0 Å². The molecule has 1 aliphatic heterocycles. The van der Waals surface area contributed by atoms with E-state index in [-0.39, 0.29) is 17.5 Å². The second kappa shape index (κ2) is 12.9. The number of urea groups is 1. The van der Waals surface area contributed by atoms with Crippen LogP contribution in [0.2, 0.25) is 0 Å². The van der Waals surface area contributed by atoms with Crippen molar-refractivity contribution in [1.29, 1.82) is 0 Å². The van der Waals surface area contributed by atoms with Gasteiger partial charge in [0.25, 0.3) is 0 Å². The van der Waals surface area contributed by atoms with Gasteiger partial charge in [0, 0.05) is 23.5 Å². The van der Waals surface area contributed by atoms with Gasteiger partial charge in [-0.3, -0.25) is 0 Å². The molecular weight excluding hydrogens is 608 g/mol. The molecule has 2 heterocycles. The highest BCUT2D eigenvalue weighted by molar-refractivity contribution is 8.14. The van der Waals surface area contributed by atoms with Crippen LogP contribution < -0.4 is 15.0 Å². The van der Waals surface area contributed by atoms with Crippen LogP contribution in [0.15, 0.2) is 78.0 Å². The number of alkyl halides is 3. The first-order valence-corrected chi connectivity index (χ1v) is 15.3. The first-order chi connectivity index (χ1) is 21.3. The molecule has 1 aromatic heterocycles. The fourth-order valence-electron chi connectivity index (χ4n) is 4.92. The van der Waals surface area contributed by atoms with E-state index in [9.17, 15) is 22.4 Å². The molecule has 0 spiro atoms. The summed E-state index contributed by atoms with van der Waals surface area (Å²) in [6, 6.07) is 16.9. The molecule has 0 unspecified atom stereocenters. The van der Waals surface area contributed by atoms with Gasteiger partial charge in [-0.05, 0) is 79.8 Å². The first kappa shape index (κ1) is 32.0. The zero-order valence-electron chi connectivity index (χ0n) is 25.1. The van der Waals surface area contributed by atoms with Crippen molar-refractivity contribution in [2.75, 3.05) is 17.2 Å². The number of halogens is 4. The van der Waals surface area contributed by atoms with E-state index in [4.69, 9.17) is 0 Å². The Hall–Kier alpha value is -4.39. The third-order valence-electron chi connectivity index (χ3n) is 7.20. The van der Waals surface area contributed by atoms with Gasteiger partial charge in [-0.15, -0.1) is 18.3 Å². The number of amides is 2. The van der Waals surface area contributed by atoms with Crippen LogP contribution in [0.5, 0.6) is 5.75 Å². The van der Waals surface area contributed by atoms with Gasteiger partial charge in [0.1, 0.15) is 17.9 Å². The summed E-state index contributed by atoms with van der Waals surface area (Å²) in [7, 11) is 0. The molecule has 1 saturated heterocycles. The van der Waals surface area contributed by atoms with Crippen LogP contribution in [0.1, 0.15) is 51.2 Å². The SMILES string of the molecule is CC(C)c1cc(F)ccc1N1CCCSC1=NC(=O)NC(C)(C)c1ccc(-c2ncn(-c3ccc(OC(F)(F)F)cc3)n2)cc1. The summed E-state index contributed by atoms with van der Waals surface area (Å²) in [4.78, 5) is 23.9. The Labute approximate surface area is 262 Å². The second-order valence-corrected chi connectivity index (χ2v) is 12.4. The molecule has 1 aliphatic rings. The van der Waals surface area contributed by atoms with E-state index < -0.39 is 17.9 Å². The Kier molecular flexibility index (Phi) is 9.19. The maximum Gasteiger partial charge on any atom is 0.573 e. The molecule has 13 heteroatoms. The van der Waals surface area contributed by atoms with E-state index in [1.54, 1.807) is 6.07 Å². The number of aromatic nitrogens is 3. The number of hydrogen-bond donors (Lipinski definition) is 1. The molecule has 5 rings (SSSR count). The normalized spacial score (nSPS) is 15.0. The number of amidine groups is 1. The van der Waals surface area contributed by atoms with Crippen molar-refractivity contribution in [1.82, 2.24) is 20.1 Å². The summed E-state index contributed by atoms with van der Waals surface area (Å²) in [5, 5.41) is 8.01. The molecule has 0 bridgehead atoms. The van der Waals surface area contributed by atoms with Gasteiger partial charge in [-0.1, -0.05) is 49.9 Å². The van der Waals surface area contributed by atoms with Crippen LogP contribution >= 0.6 is 11.8 Å². The number of aliphatic imine (C=N–C) groups is 1. The third kappa shape index (κ3) is 7.83.